The van der Waals surface area contributed by atoms with Crippen molar-refractivity contribution in [2.45, 2.75) is 29.5 Å². The van der Waals surface area contributed by atoms with E-state index in [-0.39, 0.29) is 27.6 Å². The molecule has 2 aliphatic heterocycles. The Morgan fingerprint density at radius 1 is 1.14 bits per heavy atom. The van der Waals surface area contributed by atoms with Crippen LogP contribution in [0.1, 0.15) is 40.0 Å². The fourth-order valence-electron chi connectivity index (χ4n) is 3.70. The van der Waals surface area contributed by atoms with E-state index >= 15 is 0 Å². The van der Waals surface area contributed by atoms with Crippen molar-refractivity contribution in [1.29, 1.82) is 0 Å². The van der Waals surface area contributed by atoms with E-state index in [0.29, 0.717) is 12.8 Å². The maximum Gasteiger partial charge on any atom is 0.263 e. The number of piperidine rings is 1. The highest BCUT2D eigenvalue weighted by Crippen LogP contribution is 2.31. The molecule has 1 aromatic heterocycles. The molecule has 1 saturated heterocycles. The minimum Gasteiger partial charge on any atom is -0.324 e. The molecule has 1 fully saturated rings. The number of fused-ring (bicyclic) bond motifs is 1. The first-order valence-corrected chi connectivity index (χ1v) is 11.5. The molecule has 1 atom stereocenters. The maximum absolute atomic E-state index is 13.0. The molecule has 29 heavy (non-hydrogen) atoms. The number of nitrogens with one attached hydrogen (secondary N) is 1. The van der Waals surface area contributed by atoms with Gasteiger partial charge in [0.15, 0.2) is 0 Å². The molecule has 0 aliphatic carbocycles. The van der Waals surface area contributed by atoms with Crippen molar-refractivity contribution < 1.29 is 22.8 Å². The number of carbonyl (C=O) groups excluding carboxylic acids is 3. The summed E-state index contributed by atoms with van der Waals surface area (Å²) in [5, 5.41) is 4.37. The fourth-order valence-corrected chi connectivity index (χ4v) is 6.48. The first kappa shape index (κ1) is 19.7. The van der Waals surface area contributed by atoms with Gasteiger partial charge in [-0.2, -0.15) is 4.31 Å². The van der Waals surface area contributed by atoms with Crippen LogP contribution in [0.15, 0.2) is 39.9 Å². The van der Waals surface area contributed by atoms with Gasteiger partial charge in [-0.25, -0.2) is 8.42 Å². The predicted octanol–water partition coefficient (Wildman–Crippen LogP) is 2.16. The van der Waals surface area contributed by atoms with Crippen LogP contribution >= 0.6 is 11.3 Å². The molecule has 2 aliphatic rings. The lowest BCUT2D eigenvalue weighted by molar-refractivity contribution is -0.120. The highest BCUT2D eigenvalue weighted by molar-refractivity contribution is 7.91. The highest BCUT2D eigenvalue weighted by Gasteiger charge is 2.40. The van der Waals surface area contributed by atoms with Gasteiger partial charge in [0.1, 0.15) is 10.3 Å². The van der Waals surface area contributed by atoms with Gasteiger partial charge in [0.25, 0.3) is 21.8 Å². The molecule has 0 bridgehead atoms. The second-order valence-corrected chi connectivity index (χ2v) is 10.0. The molecule has 1 unspecified atom stereocenters. The molecular weight excluding hydrogens is 414 g/mol. The maximum atomic E-state index is 13.0. The van der Waals surface area contributed by atoms with Crippen molar-refractivity contribution in [3.05, 3.63) is 46.8 Å². The van der Waals surface area contributed by atoms with E-state index in [2.05, 4.69) is 5.32 Å². The van der Waals surface area contributed by atoms with Gasteiger partial charge in [0.2, 0.25) is 5.91 Å². The third-order valence-corrected chi connectivity index (χ3v) is 8.47. The lowest BCUT2D eigenvalue weighted by Gasteiger charge is -2.33. The van der Waals surface area contributed by atoms with Crippen molar-refractivity contribution in [3.63, 3.8) is 0 Å². The quantitative estimate of drug-likeness (QED) is 0.744. The summed E-state index contributed by atoms with van der Waals surface area (Å²) in [5.41, 5.74) is 0.577. The summed E-state index contributed by atoms with van der Waals surface area (Å²) >= 11 is 1.11. The first-order chi connectivity index (χ1) is 13.8. The summed E-state index contributed by atoms with van der Waals surface area (Å²) in [7, 11) is -2.40. The number of hydrogen-bond donors (Lipinski definition) is 1. The smallest absolute Gasteiger partial charge is 0.263 e. The number of rotatable bonds is 4. The Hall–Kier alpha value is -2.56. The normalized spacial score (nSPS) is 20.0. The summed E-state index contributed by atoms with van der Waals surface area (Å²) in [6, 6.07) is 6.96. The van der Waals surface area contributed by atoms with E-state index in [1.165, 1.54) is 23.5 Å². The second-order valence-electron chi connectivity index (χ2n) is 6.95. The van der Waals surface area contributed by atoms with E-state index in [4.69, 9.17) is 0 Å². The molecule has 0 radical (unpaired) electrons. The zero-order valence-electron chi connectivity index (χ0n) is 15.6. The minimum absolute atomic E-state index is 0.136. The molecule has 10 heteroatoms. The van der Waals surface area contributed by atoms with Gasteiger partial charge in [-0.05, 0) is 36.4 Å². The Kier molecular flexibility index (Phi) is 5.01. The summed E-state index contributed by atoms with van der Waals surface area (Å²) in [6.07, 6.45) is 1.78. The van der Waals surface area contributed by atoms with E-state index < -0.39 is 33.8 Å². The zero-order valence-corrected chi connectivity index (χ0v) is 17.3. The van der Waals surface area contributed by atoms with Gasteiger partial charge < -0.3 is 5.32 Å². The molecule has 3 amide bonds. The zero-order chi connectivity index (χ0) is 20.8. The van der Waals surface area contributed by atoms with E-state index in [9.17, 15) is 22.8 Å². The van der Waals surface area contributed by atoms with Crippen LogP contribution in [0, 0.1) is 0 Å². The molecule has 8 nitrogen and oxygen atoms in total. The second kappa shape index (κ2) is 7.36. The fraction of sp³-hybridized carbons (Fsp3) is 0.316. The largest absolute Gasteiger partial charge is 0.324 e. The first-order valence-electron chi connectivity index (χ1n) is 9.14. The van der Waals surface area contributed by atoms with Gasteiger partial charge in [0.05, 0.1) is 16.8 Å². The summed E-state index contributed by atoms with van der Waals surface area (Å²) in [6.45, 7) is 0.255. The lowest BCUT2D eigenvalue weighted by atomic mass is 10.0. The Morgan fingerprint density at radius 2 is 1.93 bits per heavy atom. The standard InChI is InChI=1S/C19H19N3O5S2/c1-21-18(24)12-6-4-7-13(16(12)19(21)25)20-17(23)14-8-2-3-10-22(14)29(26,27)15-9-5-11-28-15/h4-7,9,11,14H,2-3,8,10H2,1H3,(H,20,23). The highest BCUT2D eigenvalue weighted by atomic mass is 32.2. The van der Waals surface area contributed by atoms with Crippen LogP contribution in [-0.2, 0) is 14.8 Å². The average Bonchev–Trinajstić information content (AvgIpc) is 3.34. The van der Waals surface area contributed by atoms with E-state index in [1.54, 1.807) is 23.6 Å². The van der Waals surface area contributed by atoms with Gasteiger partial charge >= 0.3 is 0 Å². The molecule has 0 spiro atoms. The molecule has 4 rings (SSSR count). The molecular formula is C19H19N3O5S2. The molecule has 1 N–H and O–H groups in total. The van der Waals surface area contributed by atoms with Crippen LogP contribution in [-0.4, -0.2) is 55.0 Å². The van der Waals surface area contributed by atoms with Gasteiger partial charge in [-0.1, -0.05) is 18.6 Å². The number of sulfonamides is 1. The third-order valence-electron chi connectivity index (χ3n) is 5.19. The van der Waals surface area contributed by atoms with Crippen LogP contribution < -0.4 is 5.32 Å². The molecule has 1 aromatic carbocycles. The topological polar surface area (TPSA) is 104 Å². The molecule has 0 saturated carbocycles. The number of amides is 3. The van der Waals surface area contributed by atoms with Crippen molar-refractivity contribution in [2.75, 3.05) is 18.9 Å². The van der Waals surface area contributed by atoms with Gasteiger partial charge in [-0.3, -0.25) is 19.3 Å². The number of anilines is 1. The lowest BCUT2D eigenvalue weighted by Crippen LogP contribution is -2.49. The Labute approximate surface area is 172 Å². The number of imide groups is 1. The Balaban J connectivity index is 1.64. The van der Waals surface area contributed by atoms with Crippen LogP contribution in [0.2, 0.25) is 0 Å². The van der Waals surface area contributed by atoms with Crippen molar-refractivity contribution in [3.8, 4) is 0 Å². The van der Waals surface area contributed by atoms with Gasteiger partial charge in [0, 0.05) is 13.6 Å². The molecule has 152 valence electrons. The Bertz CT molecular complexity index is 1100. The van der Waals surface area contributed by atoms with Crippen LogP contribution in [0.4, 0.5) is 5.69 Å². The van der Waals surface area contributed by atoms with E-state index in [1.807, 2.05) is 0 Å². The van der Waals surface area contributed by atoms with Crippen LogP contribution in [0.5, 0.6) is 0 Å². The predicted molar refractivity (Wildman–Crippen MR) is 107 cm³/mol. The molecule has 3 heterocycles. The molecule has 2 aromatic rings. The summed E-state index contributed by atoms with van der Waals surface area (Å²) in [4.78, 5) is 38.6. The van der Waals surface area contributed by atoms with Crippen LogP contribution in [0.25, 0.3) is 0 Å². The third kappa shape index (κ3) is 3.26. The number of hydrogen-bond acceptors (Lipinski definition) is 6. The SMILES string of the molecule is CN1C(=O)c2cccc(NC(=O)C3CCCCN3S(=O)(=O)c3cccs3)c2C1=O. The minimum atomic E-state index is -3.78. The summed E-state index contributed by atoms with van der Waals surface area (Å²) < 4.78 is 27.4. The average molecular weight is 434 g/mol. The Morgan fingerprint density at radius 3 is 2.66 bits per heavy atom. The number of carbonyl (C=O) groups is 3. The van der Waals surface area contributed by atoms with Crippen molar-refractivity contribution in [1.82, 2.24) is 9.21 Å². The van der Waals surface area contributed by atoms with Crippen molar-refractivity contribution in [2.24, 2.45) is 0 Å². The van der Waals surface area contributed by atoms with Crippen LogP contribution in [0.3, 0.4) is 0 Å². The summed E-state index contributed by atoms with van der Waals surface area (Å²) in [5.74, 6) is -1.43. The van der Waals surface area contributed by atoms with Crippen molar-refractivity contribution >= 4 is 44.8 Å². The number of nitrogens with zero attached hydrogens (tertiary/aromatic N) is 2. The van der Waals surface area contributed by atoms with Gasteiger partial charge in [-0.15, -0.1) is 11.3 Å². The monoisotopic (exact) mass is 433 g/mol. The number of thiophene rings is 1. The van der Waals surface area contributed by atoms with E-state index in [0.717, 1.165) is 22.7 Å². The number of benzene rings is 1.